The van der Waals surface area contributed by atoms with Crippen molar-refractivity contribution in [3.05, 3.63) is 143 Å². The van der Waals surface area contributed by atoms with Crippen molar-refractivity contribution in [1.82, 2.24) is 25.8 Å². The van der Waals surface area contributed by atoms with Crippen LogP contribution in [0.2, 0.25) is 0 Å². The molecule has 12 rings (SSSR count). The minimum atomic E-state index is -0.476. The number of carbonyl (C=O) groups excluding carboxylic acids is 3. The zero-order chi connectivity index (χ0) is 57.1. The van der Waals surface area contributed by atoms with Crippen molar-refractivity contribution in [1.29, 1.82) is 0 Å². The molecule has 0 bridgehead atoms. The van der Waals surface area contributed by atoms with E-state index in [9.17, 15) is 14.4 Å². The Morgan fingerprint density at radius 3 is 1.36 bits per heavy atom. The van der Waals surface area contributed by atoms with Crippen LogP contribution in [0.5, 0.6) is 0 Å². The van der Waals surface area contributed by atoms with E-state index < -0.39 is 11.2 Å². The summed E-state index contributed by atoms with van der Waals surface area (Å²) >= 11 is 0. The highest BCUT2D eigenvalue weighted by atomic mass is 16.6. The molecule has 3 heterocycles. The van der Waals surface area contributed by atoms with Crippen molar-refractivity contribution in [3.63, 3.8) is 0 Å². The Bertz CT molecular complexity index is 2770. The van der Waals surface area contributed by atoms with Crippen molar-refractivity contribution < 1.29 is 23.9 Å². The molecule has 14 nitrogen and oxygen atoms in total. The van der Waals surface area contributed by atoms with Gasteiger partial charge in [0, 0.05) is 155 Å². The van der Waals surface area contributed by atoms with Gasteiger partial charge in [0.05, 0.1) is 0 Å². The lowest BCUT2D eigenvalue weighted by atomic mass is 10.1. The molecule has 6 aliphatic carbocycles. The SMILES string of the molecule is C1=NC=C(CNCC2(CN[C@H]3CC3c3ccccc3)CC2)C1.CC(C)(C)OC(=O)N(CC1(CN)CC1)[C@H]1CC1c1ccccc1.CC(C)(C)OC(=O)N(CC1(CNCC2=CN=CC2)CC1)[C@H]1CC1c1ccccc1.O=CC1=CN=CC1. The normalized spacial score (nSPS) is 24.7. The zero-order valence-corrected chi connectivity index (χ0v) is 49.2. The summed E-state index contributed by atoms with van der Waals surface area (Å²) in [6.07, 6.45) is 25.0. The number of aliphatic imine (C=N–C) groups is 3. The number of hydrogen-bond donors (Lipinski definition) is 4. The third-order valence-electron chi connectivity index (χ3n) is 17.1. The Morgan fingerprint density at radius 1 is 0.568 bits per heavy atom. The van der Waals surface area contributed by atoms with Crippen LogP contribution in [0.25, 0.3) is 0 Å². The molecule has 81 heavy (non-hydrogen) atoms. The standard InChI is InChI=1S/C24H33N3O2.C19H25N3.C19H28N2O2.C5H5NO/c1-23(2,3)29-22(28)27(21-13-20(21)19-7-5-4-6-8-19)17-24(10-11-24)16-26-15-18-9-12-25-14-18;1-2-4-16(5-3-1)17-10-18(17)22-14-19(7-8-19)13-21-12-15-6-9-20-11-15;1-18(2,3)23-17(22)21(13-19(12-20)9-10-19)16-11-15(16)14-7-5-4-6-8-14;7-4-5-1-2-6-3-5/h4-8,12,14,20-21,26H,9-11,13,15-17H2,1-3H3;1-5,9,11,17-18,21-22H,6-8,10,12-14H2;4-8,15-16H,9-13,20H2,1-3H3;2-4H,1H2/t20?,21-;17?,18-;15?,16-;/m000./s1. The lowest BCUT2D eigenvalue weighted by Gasteiger charge is -2.31. The molecule has 6 atom stereocenters. The first kappa shape index (κ1) is 59.6. The first-order valence-corrected chi connectivity index (χ1v) is 30.0. The maximum atomic E-state index is 13.1. The molecule has 14 heteroatoms. The number of carbonyl (C=O) groups is 3. The highest BCUT2D eigenvalue weighted by molar-refractivity contribution is 5.83. The fourth-order valence-corrected chi connectivity index (χ4v) is 11.2. The Balaban J connectivity index is 0.000000139. The largest absolute Gasteiger partial charge is 0.444 e. The molecular formula is C67H91N9O5. The van der Waals surface area contributed by atoms with Gasteiger partial charge in [0.2, 0.25) is 0 Å². The second-order valence-electron chi connectivity index (χ2n) is 26.5. The van der Waals surface area contributed by atoms with Crippen LogP contribution in [0.15, 0.2) is 141 Å². The number of benzene rings is 3. The van der Waals surface area contributed by atoms with Crippen LogP contribution in [-0.2, 0) is 14.3 Å². The molecule has 3 aliphatic heterocycles. The van der Waals surface area contributed by atoms with Gasteiger partial charge < -0.3 is 41.0 Å². The van der Waals surface area contributed by atoms with Crippen LogP contribution in [0.1, 0.15) is 153 Å². The van der Waals surface area contributed by atoms with Crippen molar-refractivity contribution in [2.75, 3.05) is 52.4 Å². The summed E-state index contributed by atoms with van der Waals surface area (Å²) in [5.74, 6) is 1.59. The predicted molar refractivity (Wildman–Crippen MR) is 326 cm³/mol. The van der Waals surface area contributed by atoms with E-state index in [0.717, 1.165) is 108 Å². The first-order chi connectivity index (χ1) is 39.0. The lowest BCUT2D eigenvalue weighted by Crippen LogP contribution is -2.44. The van der Waals surface area contributed by atoms with Crippen LogP contribution >= 0.6 is 0 Å². The summed E-state index contributed by atoms with van der Waals surface area (Å²) in [6.45, 7) is 18.9. The van der Waals surface area contributed by atoms with Gasteiger partial charge in [-0.25, -0.2) is 9.59 Å². The average Bonchev–Trinajstić information content (AvgIpc) is 4.20. The molecule has 2 amide bonds. The van der Waals surface area contributed by atoms with E-state index in [1.165, 1.54) is 53.6 Å². The van der Waals surface area contributed by atoms with E-state index in [4.69, 9.17) is 15.2 Å². The Hall–Kier alpha value is -6.06. The van der Waals surface area contributed by atoms with Crippen molar-refractivity contribution in [2.45, 2.75) is 166 Å². The van der Waals surface area contributed by atoms with Crippen LogP contribution in [0.3, 0.4) is 0 Å². The van der Waals surface area contributed by atoms with Crippen LogP contribution in [-0.4, -0.2) is 129 Å². The molecule has 3 aromatic rings. The maximum absolute atomic E-state index is 13.1. The van der Waals surface area contributed by atoms with Gasteiger partial charge in [-0.3, -0.25) is 19.8 Å². The number of ether oxygens (including phenoxy) is 2. The highest BCUT2D eigenvalue weighted by Gasteiger charge is 2.53. The monoisotopic (exact) mass is 1100 g/mol. The second-order valence-corrected chi connectivity index (χ2v) is 26.5. The smallest absolute Gasteiger partial charge is 0.410 e. The third-order valence-corrected chi connectivity index (χ3v) is 17.1. The van der Waals surface area contributed by atoms with Gasteiger partial charge >= 0.3 is 12.2 Å². The molecule has 5 N–H and O–H groups in total. The van der Waals surface area contributed by atoms with Crippen LogP contribution < -0.4 is 21.7 Å². The number of aldehydes is 1. The number of nitrogens with one attached hydrogen (secondary N) is 3. The molecule has 3 unspecified atom stereocenters. The molecule has 9 aliphatic rings. The summed E-state index contributed by atoms with van der Waals surface area (Å²) in [5, 5.41) is 11.0. The minimum absolute atomic E-state index is 0.126. The van der Waals surface area contributed by atoms with Crippen molar-refractivity contribution >= 4 is 37.1 Å². The molecule has 6 fully saturated rings. The summed E-state index contributed by atoms with van der Waals surface area (Å²) in [7, 11) is 0. The van der Waals surface area contributed by atoms with Gasteiger partial charge in [0.1, 0.15) is 17.5 Å². The summed E-state index contributed by atoms with van der Waals surface area (Å²) in [5.41, 5.74) is 13.4. The molecule has 0 radical (unpaired) electrons. The van der Waals surface area contributed by atoms with Crippen molar-refractivity contribution in [3.8, 4) is 0 Å². The Morgan fingerprint density at radius 2 is 0.988 bits per heavy atom. The number of allylic oxidation sites excluding steroid dienone is 1. The zero-order valence-electron chi connectivity index (χ0n) is 49.2. The second kappa shape index (κ2) is 26.5. The molecular weight excluding hydrogens is 1010 g/mol. The van der Waals surface area contributed by atoms with Crippen LogP contribution in [0.4, 0.5) is 9.59 Å². The van der Waals surface area contributed by atoms with Gasteiger partial charge in [-0.2, -0.15) is 0 Å². The van der Waals surface area contributed by atoms with Gasteiger partial charge in [0.25, 0.3) is 0 Å². The van der Waals surface area contributed by atoms with E-state index in [0.29, 0.717) is 36.3 Å². The number of nitrogens with two attached hydrogens (primary N) is 1. The van der Waals surface area contributed by atoms with E-state index in [1.54, 1.807) is 12.4 Å². The fourth-order valence-electron chi connectivity index (χ4n) is 11.2. The highest BCUT2D eigenvalue weighted by Crippen LogP contribution is 2.53. The molecule has 0 aromatic heterocycles. The van der Waals surface area contributed by atoms with Gasteiger partial charge in [-0.1, -0.05) is 91.0 Å². The summed E-state index contributed by atoms with van der Waals surface area (Å²) in [4.78, 5) is 51.6. The Labute approximate surface area is 482 Å². The van der Waals surface area contributed by atoms with Gasteiger partial charge in [0.15, 0.2) is 0 Å². The maximum Gasteiger partial charge on any atom is 0.410 e. The molecule has 3 aromatic carbocycles. The number of rotatable bonds is 22. The minimum Gasteiger partial charge on any atom is -0.444 e. The van der Waals surface area contributed by atoms with Gasteiger partial charge in [-0.05, 0) is 139 Å². The summed E-state index contributed by atoms with van der Waals surface area (Å²) < 4.78 is 11.4. The van der Waals surface area contributed by atoms with Crippen molar-refractivity contribution in [2.24, 2.45) is 37.0 Å². The number of nitrogens with zero attached hydrogens (tertiary/aromatic N) is 5. The van der Waals surface area contributed by atoms with E-state index in [2.05, 4.69) is 110 Å². The number of amides is 2. The van der Waals surface area contributed by atoms with E-state index in [-0.39, 0.29) is 35.1 Å². The predicted octanol–water partition coefficient (Wildman–Crippen LogP) is 11.4. The Kier molecular flexibility index (Phi) is 19.5. The topological polar surface area (TPSA) is 175 Å². The molecule has 0 saturated heterocycles. The van der Waals surface area contributed by atoms with Gasteiger partial charge in [-0.15, -0.1) is 0 Å². The number of hydrogen-bond acceptors (Lipinski definition) is 12. The quantitative estimate of drug-likeness (QED) is 0.0714. The lowest BCUT2D eigenvalue weighted by molar-refractivity contribution is -0.104. The molecule has 434 valence electrons. The molecule has 0 spiro atoms. The van der Waals surface area contributed by atoms with E-state index >= 15 is 0 Å². The first-order valence-electron chi connectivity index (χ1n) is 30.0. The van der Waals surface area contributed by atoms with Crippen LogP contribution in [0, 0.1) is 16.2 Å². The fraction of sp³-hybridized carbons (Fsp3) is 0.552. The van der Waals surface area contributed by atoms with E-state index in [1.807, 2.05) is 88.3 Å². The average molecular weight is 1100 g/mol. The molecule has 6 saturated carbocycles. The third kappa shape index (κ3) is 18.2. The summed E-state index contributed by atoms with van der Waals surface area (Å²) in [6, 6.07) is 33.1.